The predicted octanol–water partition coefficient (Wildman–Crippen LogP) is 3.32. The van der Waals surface area contributed by atoms with Crippen LogP contribution in [0.5, 0.6) is 17.2 Å². The number of pyridine rings is 1. The van der Waals surface area contributed by atoms with Gasteiger partial charge in [-0.1, -0.05) is 26.0 Å². The Kier molecular flexibility index (Phi) is 5.63. The molecule has 1 heterocycles. The van der Waals surface area contributed by atoms with Gasteiger partial charge in [-0.15, -0.1) is 0 Å². The van der Waals surface area contributed by atoms with Crippen molar-refractivity contribution in [2.75, 3.05) is 7.11 Å². The minimum Gasteiger partial charge on any atom is -0.493 e. The maximum Gasteiger partial charge on any atom is 0.326 e. The van der Waals surface area contributed by atoms with E-state index < -0.39 is 17.6 Å². The molecule has 1 atom stereocenters. The predicted molar refractivity (Wildman–Crippen MR) is 89.9 cm³/mol. The zero-order chi connectivity index (χ0) is 17.7. The summed E-state index contributed by atoms with van der Waals surface area (Å²) in [5.74, 6) is 0.486. The van der Waals surface area contributed by atoms with Crippen LogP contribution in [-0.2, 0) is 4.79 Å². The van der Waals surface area contributed by atoms with Gasteiger partial charge in [-0.25, -0.2) is 4.79 Å². The van der Waals surface area contributed by atoms with Crippen molar-refractivity contribution in [3.63, 3.8) is 0 Å². The smallest absolute Gasteiger partial charge is 0.326 e. The molecule has 1 N–H and O–H groups in total. The molecule has 6 heteroatoms. The largest absolute Gasteiger partial charge is 0.493 e. The Hall–Kier alpha value is -2.76. The summed E-state index contributed by atoms with van der Waals surface area (Å²) in [6.45, 7) is 3.83. The molecule has 1 aromatic carbocycles. The fourth-order valence-corrected chi connectivity index (χ4v) is 2.40. The molecule has 0 bridgehead atoms. The molecule has 0 aliphatic heterocycles. The second kappa shape index (κ2) is 7.68. The first-order valence-electron chi connectivity index (χ1n) is 7.68. The van der Waals surface area contributed by atoms with Crippen LogP contribution in [0.3, 0.4) is 0 Å². The number of benzene rings is 1. The molecule has 0 aliphatic rings. The minimum atomic E-state index is -1.02. The first kappa shape index (κ1) is 17.6. The molecule has 0 saturated carbocycles. The van der Waals surface area contributed by atoms with Crippen LogP contribution in [0.2, 0.25) is 0 Å². The first-order chi connectivity index (χ1) is 11.4. The second-order valence-electron chi connectivity index (χ2n) is 5.84. The van der Waals surface area contributed by atoms with Crippen molar-refractivity contribution in [2.45, 2.75) is 26.3 Å². The van der Waals surface area contributed by atoms with Crippen LogP contribution in [0.15, 0.2) is 47.4 Å². The standard InChI is InChI=1S/C18H21NO5/c1-12(2)10-14(18(21)22)19-9-8-13(11-17(19)20)24-16-7-5-4-6-15(16)23-3/h4-9,11-12,14H,10H2,1-3H3,(H,21,22). The van der Waals surface area contributed by atoms with Crippen molar-refractivity contribution in [1.82, 2.24) is 4.57 Å². The Morgan fingerprint density at radius 1 is 1.21 bits per heavy atom. The number of ether oxygens (including phenoxy) is 2. The van der Waals surface area contributed by atoms with E-state index in [1.807, 2.05) is 19.9 Å². The van der Waals surface area contributed by atoms with Gasteiger partial charge < -0.3 is 19.1 Å². The SMILES string of the molecule is COc1ccccc1Oc1ccn(C(CC(C)C)C(=O)O)c(=O)c1. The molecule has 0 radical (unpaired) electrons. The molecule has 0 amide bonds. The van der Waals surface area contributed by atoms with E-state index in [2.05, 4.69) is 0 Å². The summed E-state index contributed by atoms with van der Waals surface area (Å²) < 4.78 is 12.1. The number of rotatable bonds is 7. The number of aromatic nitrogens is 1. The van der Waals surface area contributed by atoms with E-state index in [9.17, 15) is 14.7 Å². The fraction of sp³-hybridized carbons (Fsp3) is 0.333. The van der Waals surface area contributed by atoms with Crippen LogP contribution >= 0.6 is 0 Å². The lowest BCUT2D eigenvalue weighted by Gasteiger charge is -2.18. The quantitative estimate of drug-likeness (QED) is 0.842. The molecule has 0 spiro atoms. The number of methoxy groups -OCH3 is 1. The molecular weight excluding hydrogens is 310 g/mol. The van der Waals surface area contributed by atoms with Crippen molar-refractivity contribution in [3.05, 3.63) is 52.9 Å². The van der Waals surface area contributed by atoms with Crippen molar-refractivity contribution >= 4 is 5.97 Å². The molecule has 0 saturated heterocycles. The molecule has 0 fully saturated rings. The maximum atomic E-state index is 12.3. The second-order valence-corrected chi connectivity index (χ2v) is 5.84. The third kappa shape index (κ3) is 4.16. The number of para-hydroxylation sites is 2. The zero-order valence-electron chi connectivity index (χ0n) is 13.9. The van der Waals surface area contributed by atoms with Crippen molar-refractivity contribution in [3.8, 4) is 17.2 Å². The maximum absolute atomic E-state index is 12.3. The number of hydrogen-bond donors (Lipinski definition) is 1. The van der Waals surface area contributed by atoms with Crippen LogP contribution in [0.1, 0.15) is 26.3 Å². The Balaban J connectivity index is 2.29. The topological polar surface area (TPSA) is 77.8 Å². The third-order valence-electron chi connectivity index (χ3n) is 3.53. The molecule has 1 unspecified atom stereocenters. The highest BCUT2D eigenvalue weighted by Gasteiger charge is 2.22. The van der Waals surface area contributed by atoms with Gasteiger partial charge in [-0.3, -0.25) is 4.79 Å². The number of hydrogen-bond acceptors (Lipinski definition) is 4. The summed E-state index contributed by atoms with van der Waals surface area (Å²) in [4.78, 5) is 23.7. The van der Waals surface area contributed by atoms with E-state index in [0.29, 0.717) is 23.7 Å². The van der Waals surface area contributed by atoms with Gasteiger partial charge in [0.15, 0.2) is 11.5 Å². The summed E-state index contributed by atoms with van der Waals surface area (Å²) in [7, 11) is 1.53. The van der Waals surface area contributed by atoms with E-state index >= 15 is 0 Å². The van der Waals surface area contributed by atoms with Crippen LogP contribution in [-0.4, -0.2) is 22.8 Å². The normalized spacial score (nSPS) is 12.0. The number of carboxylic acids is 1. The Labute approximate surface area is 140 Å². The highest BCUT2D eigenvalue weighted by Crippen LogP contribution is 2.30. The third-order valence-corrected chi connectivity index (χ3v) is 3.53. The lowest BCUT2D eigenvalue weighted by molar-refractivity contribution is -0.141. The van der Waals surface area contributed by atoms with Crippen molar-refractivity contribution in [1.29, 1.82) is 0 Å². The molecule has 6 nitrogen and oxygen atoms in total. The monoisotopic (exact) mass is 331 g/mol. The van der Waals surface area contributed by atoms with Gasteiger partial charge in [0, 0.05) is 12.3 Å². The molecule has 24 heavy (non-hydrogen) atoms. The van der Waals surface area contributed by atoms with Crippen LogP contribution in [0.4, 0.5) is 0 Å². The molecule has 128 valence electrons. The fourth-order valence-electron chi connectivity index (χ4n) is 2.40. The van der Waals surface area contributed by atoms with Gasteiger partial charge >= 0.3 is 5.97 Å². The van der Waals surface area contributed by atoms with Crippen LogP contribution in [0.25, 0.3) is 0 Å². The van der Waals surface area contributed by atoms with E-state index in [1.165, 1.54) is 23.9 Å². The van der Waals surface area contributed by atoms with Gasteiger partial charge in [0.25, 0.3) is 5.56 Å². The van der Waals surface area contributed by atoms with Gasteiger partial charge in [0.2, 0.25) is 0 Å². The summed E-state index contributed by atoms with van der Waals surface area (Å²) in [5, 5.41) is 9.37. The van der Waals surface area contributed by atoms with Crippen molar-refractivity contribution < 1.29 is 19.4 Å². The lowest BCUT2D eigenvalue weighted by Crippen LogP contribution is -2.30. The van der Waals surface area contributed by atoms with E-state index in [4.69, 9.17) is 9.47 Å². The van der Waals surface area contributed by atoms with Gasteiger partial charge in [0.05, 0.1) is 7.11 Å². The lowest BCUT2D eigenvalue weighted by atomic mass is 10.0. The molecule has 2 rings (SSSR count). The summed E-state index contributed by atoms with van der Waals surface area (Å²) >= 11 is 0. The number of nitrogens with zero attached hydrogens (tertiary/aromatic N) is 1. The Bertz CT molecular complexity index is 766. The van der Waals surface area contributed by atoms with E-state index in [0.717, 1.165) is 0 Å². The molecular formula is C18H21NO5. The Morgan fingerprint density at radius 3 is 2.42 bits per heavy atom. The molecule has 0 aliphatic carbocycles. The summed E-state index contributed by atoms with van der Waals surface area (Å²) in [6.07, 6.45) is 1.83. The summed E-state index contributed by atoms with van der Waals surface area (Å²) in [5.41, 5.74) is -0.421. The van der Waals surface area contributed by atoms with Crippen molar-refractivity contribution in [2.24, 2.45) is 5.92 Å². The Morgan fingerprint density at radius 2 is 1.88 bits per heavy atom. The molecule has 1 aromatic heterocycles. The number of aliphatic carboxylic acids is 1. The zero-order valence-corrected chi connectivity index (χ0v) is 13.9. The van der Waals surface area contributed by atoms with Crippen LogP contribution in [0, 0.1) is 5.92 Å². The average Bonchev–Trinajstić information content (AvgIpc) is 2.53. The van der Waals surface area contributed by atoms with E-state index in [1.54, 1.807) is 24.3 Å². The highest BCUT2D eigenvalue weighted by atomic mass is 16.5. The summed E-state index contributed by atoms with van der Waals surface area (Å²) in [6, 6.07) is 9.04. The van der Waals surface area contributed by atoms with Gasteiger partial charge in [-0.05, 0) is 30.5 Å². The van der Waals surface area contributed by atoms with E-state index in [-0.39, 0.29) is 5.92 Å². The highest BCUT2D eigenvalue weighted by molar-refractivity contribution is 5.71. The van der Waals surface area contributed by atoms with Gasteiger partial charge in [-0.2, -0.15) is 0 Å². The minimum absolute atomic E-state index is 0.155. The molecule has 2 aromatic rings. The first-order valence-corrected chi connectivity index (χ1v) is 7.68. The average molecular weight is 331 g/mol. The van der Waals surface area contributed by atoms with Gasteiger partial charge in [0.1, 0.15) is 11.8 Å². The number of carbonyl (C=O) groups is 1. The van der Waals surface area contributed by atoms with Crippen LogP contribution < -0.4 is 15.0 Å². The number of carboxylic acid groups (broad SMARTS) is 1.